The van der Waals surface area contributed by atoms with Gasteiger partial charge in [0.15, 0.2) is 0 Å². The first-order chi connectivity index (χ1) is 5.43. The third-order valence-corrected chi connectivity index (χ3v) is 2.03. The van der Waals surface area contributed by atoms with Gasteiger partial charge in [-0.1, -0.05) is 6.92 Å². The van der Waals surface area contributed by atoms with Crippen LogP contribution in [0.1, 0.15) is 32.6 Å². The molecule has 1 heterocycles. The van der Waals surface area contributed by atoms with Crippen molar-refractivity contribution >= 4 is 0 Å². The van der Waals surface area contributed by atoms with Crippen LogP contribution in [0, 0.1) is 17.8 Å². The molecule has 0 unspecified atom stereocenters. The third-order valence-electron chi connectivity index (χ3n) is 2.03. The highest BCUT2D eigenvalue weighted by Gasteiger charge is 2.11. The Morgan fingerprint density at radius 3 is 2.64 bits per heavy atom. The van der Waals surface area contributed by atoms with Gasteiger partial charge in [0.1, 0.15) is 0 Å². The van der Waals surface area contributed by atoms with Gasteiger partial charge in [0.2, 0.25) is 0 Å². The molecule has 1 heteroatoms. The van der Waals surface area contributed by atoms with E-state index in [0.717, 1.165) is 32.0 Å². The van der Waals surface area contributed by atoms with Crippen molar-refractivity contribution in [2.45, 2.75) is 32.6 Å². The average Bonchev–Trinajstić information content (AvgIpc) is 2.07. The molecule has 0 spiro atoms. The monoisotopic (exact) mass is 152 g/mol. The summed E-state index contributed by atoms with van der Waals surface area (Å²) in [5.41, 5.74) is 0. The van der Waals surface area contributed by atoms with E-state index in [4.69, 9.17) is 4.74 Å². The molecule has 1 fully saturated rings. The summed E-state index contributed by atoms with van der Waals surface area (Å²) in [7, 11) is 0. The molecule has 1 rings (SSSR count). The molecule has 62 valence electrons. The molecule has 0 bridgehead atoms. The molecule has 1 saturated heterocycles. The Bertz CT molecular complexity index is 146. The molecule has 1 aliphatic heterocycles. The summed E-state index contributed by atoms with van der Waals surface area (Å²) in [6, 6.07) is 0. The van der Waals surface area contributed by atoms with Crippen LogP contribution in [0.25, 0.3) is 0 Å². The smallest absolute Gasteiger partial charge is 0.0469 e. The van der Waals surface area contributed by atoms with Gasteiger partial charge in [0.05, 0.1) is 0 Å². The summed E-state index contributed by atoms with van der Waals surface area (Å²) in [5.74, 6) is 7.11. The van der Waals surface area contributed by atoms with E-state index < -0.39 is 0 Å². The van der Waals surface area contributed by atoms with Crippen molar-refractivity contribution in [2.24, 2.45) is 5.92 Å². The first-order valence-corrected chi connectivity index (χ1v) is 4.47. The first-order valence-electron chi connectivity index (χ1n) is 4.47. The lowest BCUT2D eigenvalue weighted by atomic mass is 9.97. The summed E-state index contributed by atoms with van der Waals surface area (Å²) in [6.07, 6.45) is 4.48. The summed E-state index contributed by atoms with van der Waals surface area (Å²) in [4.78, 5) is 0. The Hall–Kier alpha value is -0.480. The summed E-state index contributed by atoms with van der Waals surface area (Å²) in [6.45, 7) is 3.98. The van der Waals surface area contributed by atoms with Gasteiger partial charge in [0, 0.05) is 26.1 Å². The first kappa shape index (κ1) is 8.62. The maximum Gasteiger partial charge on any atom is 0.0469 e. The quantitative estimate of drug-likeness (QED) is 0.523. The average molecular weight is 152 g/mol. The lowest BCUT2D eigenvalue weighted by Gasteiger charge is -2.19. The van der Waals surface area contributed by atoms with Gasteiger partial charge in [-0.25, -0.2) is 0 Å². The van der Waals surface area contributed by atoms with E-state index in [-0.39, 0.29) is 0 Å². The number of hydrogen-bond donors (Lipinski definition) is 0. The van der Waals surface area contributed by atoms with E-state index in [1.165, 1.54) is 12.8 Å². The van der Waals surface area contributed by atoms with Crippen LogP contribution in [0.5, 0.6) is 0 Å². The van der Waals surface area contributed by atoms with Crippen molar-refractivity contribution in [3.05, 3.63) is 0 Å². The highest BCUT2D eigenvalue weighted by Crippen LogP contribution is 2.17. The fourth-order valence-corrected chi connectivity index (χ4v) is 1.29. The van der Waals surface area contributed by atoms with Crippen LogP contribution >= 0.6 is 0 Å². The fourth-order valence-electron chi connectivity index (χ4n) is 1.29. The molecule has 0 aliphatic carbocycles. The van der Waals surface area contributed by atoms with Crippen molar-refractivity contribution in [2.75, 3.05) is 13.2 Å². The molecule has 1 nitrogen and oxygen atoms in total. The number of hydrogen-bond acceptors (Lipinski definition) is 1. The Labute approximate surface area is 69.1 Å². The number of ether oxygens (including phenoxy) is 1. The van der Waals surface area contributed by atoms with Gasteiger partial charge in [-0.15, -0.1) is 11.8 Å². The van der Waals surface area contributed by atoms with E-state index >= 15 is 0 Å². The minimum Gasteiger partial charge on any atom is -0.381 e. The highest BCUT2D eigenvalue weighted by molar-refractivity contribution is 4.99. The molecule has 0 N–H and O–H groups in total. The van der Waals surface area contributed by atoms with Gasteiger partial charge in [-0.3, -0.25) is 0 Å². The van der Waals surface area contributed by atoms with Crippen molar-refractivity contribution in [3.63, 3.8) is 0 Å². The highest BCUT2D eigenvalue weighted by atomic mass is 16.5. The zero-order valence-electron chi connectivity index (χ0n) is 7.23. The predicted molar refractivity (Wildman–Crippen MR) is 46.2 cm³/mol. The molecule has 0 atom stereocenters. The van der Waals surface area contributed by atoms with Crippen LogP contribution in [0.15, 0.2) is 0 Å². The maximum atomic E-state index is 5.26. The largest absolute Gasteiger partial charge is 0.381 e. The van der Waals surface area contributed by atoms with E-state index in [1.807, 2.05) is 0 Å². The van der Waals surface area contributed by atoms with Crippen LogP contribution in [0.4, 0.5) is 0 Å². The standard InChI is InChI=1S/C10H16O/c1-2-3-4-5-10-6-8-11-9-7-10/h10H,2,5-9H2,1H3. The molecule has 0 radical (unpaired) electrons. The molecule has 0 amide bonds. The van der Waals surface area contributed by atoms with E-state index in [0.29, 0.717) is 0 Å². The van der Waals surface area contributed by atoms with Gasteiger partial charge >= 0.3 is 0 Å². The summed E-state index contributed by atoms with van der Waals surface area (Å²) < 4.78 is 5.26. The second-order valence-electron chi connectivity index (χ2n) is 2.97. The molecule has 0 aromatic heterocycles. The molecule has 0 aromatic carbocycles. The summed E-state index contributed by atoms with van der Waals surface area (Å²) in [5, 5.41) is 0. The molecule has 0 saturated carbocycles. The van der Waals surface area contributed by atoms with E-state index in [1.54, 1.807) is 0 Å². The van der Waals surface area contributed by atoms with Gasteiger partial charge < -0.3 is 4.74 Å². The van der Waals surface area contributed by atoms with Crippen molar-refractivity contribution in [1.29, 1.82) is 0 Å². The lowest BCUT2D eigenvalue weighted by Crippen LogP contribution is -2.14. The molecule has 1 aliphatic rings. The van der Waals surface area contributed by atoms with E-state index in [9.17, 15) is 0 Å². The second kappa shape index (κ2) is 5.21. The fraction of sp³-hybridized carbons (Fsp3) is 0.800. The SMILES string of the molecule is CCC#CCC1CCOCC1. The Morgan fingerprint density at radius 2 is 2.00 bits per heavy atom. The van der Waals surface area contributed by atoms with Gasteiger partial charge in [0.25, 0.3) is 0 Å². The van der Waals surface area contributed by atoms with E-state index in [2.05, 4.69) is 18.8 Å². The van der Waals surface area contributed by atoms with Crippen molar-refractivity contribution in [1.82, 2.24) is 0 Å². The van der Waals surface area contributed by atoms with Crippen molar-refractivity contribution < 1.29 is 4.74 Å². The van der Waals surface area contributed by atoms with Crippen LogP contribution in [-0.2, 0) is 4.74 Å². The van der Waals surface area contributed by atoms with Crippen LogP contribution < -0.4 is 0 Å². The molecule has 0 aromatic rings. The van der Waals surface area contributed by atoms with Crippen LogP contribution in [0.2, 0.25) is 0 Å². The van der Waals surface area contributed by atoms with Crippen LogP contribution in [-0.4, -0.2) is 13.2 Å². The Kier molecular flexibility index (Phi) is 4.08. The third kappa shape index (κ3) is 3.43. The normalized spacial score (nSPS) is 19.0. The Balaban J connectivity index is 2.14. The van der Waals surface area contributed by atoms with Crippen LogP contribution in [0.3, 0.4) is 0 Å². The minimum absolute atomic E-state index is 0.808. The molecular formula is C10H16O. The predicted octanol–water partition coefficient (Wildman–Crippen LogP) is 2.22. The topological polar surface area (TPSA) is 9.23 Å². The van der Waals surface area contributed by atoms with Gasteiger partial charge in [-0.2, -0.15) is 0 Å². The zero-order valence-corrected chi connectivity index (χ0v) is 7.23. The number of rotatable bonds is 1. The Morgan fingerprint density at radius 1 is 1.27 bits per heavy atom. The summed E-state index contributed by atoms with van der Waals surface area (Å²) >= 11 is 0. The minimum atomic E-state index is 0.808. The van der Waals surface area contributed by atoms with Gasteiger partial charge in [-0.05, 0) is 18.8 Å². The molecular weight excluding hydrogens is 136 g/mol. The van der Waals surface area contributed by atoms with Crippen molar-refractivity contribution in [3.8, 4) is 11.8 Å². The lowest BCUT2D eigenvalue weighted by molar-refractivity contribution is 0.0678. The zero-order chi connectivity index (χ0) is 7.94. The maximum absolute atomic E-state index is 5.26. The second-order valence-corrected chi connectivity index (χ2v) is 2.97. The molecule has 11 heavy (non-hydrogen) atoms.